The summed E-state index contributed by atoms with van der Waals surface area (Å²) in [4.78, 5) is 13.4. The molecule has 118 valence electrons. The molecule has 0 aliphatic carbocycles. The topological polar surface area (TPSA) is 89.7 Å². The predicted octanol–water partition coefficient (Wildman–Crippen LogP) is 0.666. The van der Waals surface area contributed by atoms with E-state index in [9.17, 15) is 13.2 Å². The second-order valence-corrected chi connectivity index (χ2v) is 6.82. The van der Waals surface area contributed by atoms with E-state index in [1.807, 2.05) is 0 Å². The number of ether oxygens (including phenoxy) is 1. The largest absolute Gasteiger partial charge is 0.494 e. The van der Waals surface area contributed by atoms with Crippen molar-refractivity contribution in [2.45, 2.75) is 17.7 Å². The van der Waals surface area contributed by atoms with Gasteiger partial charge in [-0.15, -0.1) is 0 Å². The molecular weight excluding hydrogens is 292 g/mol. The van der Waals surface area contributed by atoms with E-state index in [-0.39, 0.29) is 10.8 Å². The van der Waals surface area contributed by atoms with E-state index in [2.05, 4.69) is 0 Å². The second-order valence-electron chi connectivity index (χ2n) is 4.80. The van der Waals surface area contributed by atoms with E-state index in [1.54, 1.807) is 24.1 Å². The molecule has 1 aromatic rings. The number of carbonyl (C=O) groups excluding carboxylic acids is 1. The van der Waals surface area contributed by atoms with Crippen LogP contribution in [0.3, 0.4) is 0 Å². The van der Waals surface area contributed by atoms with E-state index in [4.69, 9.17) is 10.5 Å². The minimum absolute atomic E-state index is 0.0232. The van der Waals surface area contributed by atoms with Gasteiger partial charge in [0.2, 0.25) is 5.91 Å². The first-order chi connectivity index (χ1) is 9.84. The average molecular weight is 314 g/mol. The molecule has 0 heterocycles. The van der Waals surface area contributed by atoms with Crippen molar-refractivity contribution < 1.29 is 17.9 Å². The third-order valence-electron chi connectivity index (χ3n) is 2.94. The lowest BCUT2D eigenvalue weighted by Gasteiger charge is -2.16. The van der Waals surface area contributed by atoms with Crippen molar-refractivity contribution in [3.63, 3.8) is 0 Å². The molecule has 1 rings (SSSR count). The van der Waals surface area contributed by atoms with Crippen molar-refractivity contribution in [2.24, 2.45) is 5.73 Å². The molecule has 0 bridgehead atoms. The Morgan fingerprint density at radius 1 is 1.29 bits per heavy atom. The van der Waals surface area contributed by atoms with Gasteiger partial charge in [0.25, 0.3) is 0 Å². The highest BCUT2D eigenvalue weighted by Crippen LogP contribution is 2.15. The van der Waals surface area contributed by atoms with Crippen molar-refractivity contribution >= 4 is 15.7 Å². The molecule has 2 N–H and O–H groups in total. The molecule has 21 heavy (non-hydrogen) atoms. The maximum absolute atomic E-state index is 11.5. The molecule has 7 heteroatoms. The van der Waals surface area contributed by atoms with Crippen LogP contribution in [0.2, 0.25) is 0 Å². The van der Waals surface area contributed by atoms with Crippen LogP contribution in [0.4, 0.5) is 0 Å². The van der Waals surface area contributed by atoms with Gasteiger partial charge in [-0.2, -0.15) is 0 Å². The molecule has 0 aliphatic rings. The smallest absolute Gasteiger partial charge is 0.223 e. The van der Waals surface area contributed by atoms with Crippen LogP contribution in [-0.2, 0) is 14.6 Å². The highest BCUT2D eigenvalue weighted by Gasteiger charge is 2.08. The van der Waals surface area contributed by atoms with E-state index < -0.39 is 9.84 Å². The molecule has 0 aromatic heterocycles. The first kappa shape index (κ1) is 17.5. The lowest BCUT2D eigenvalue weighted by molar-refractivity contribution is -0.129. The Kier molecular flexibility index (Phi) is 6.64. The highest BCUT2D eigenvalue weighted by molar-refractivity contribution is 7.90. The summed E-state index contributed by atoms with van der Waals surface area (Å²) in [5, 5.41) is 0. The van der Waals surface area contributed by atoms with Gasteiger partial charge < -0.3 is 15.4 Å². The summed E-state index contributed by atoms with van der Waals surface area (Å²) in [6.07, 6.45) is 2.21. The molecule has 0 unspecified atom stereocenters. The fourth-order valence-electron chi connectivity index (χ4n) is 1.71. The molecule has 1 aromatic carbocycles. The van der Waals surface area contributed by atoms with Crippen LogP contribution >= 0.6 is 0 Å². The average Bonchev–Trinajstić information content (AvgIpc) is 2.43. The lowest BCUT2D eigenvalue weighted by Crippen LogP contribution is -2.30. The zero-order valence-electron chi connectivity index (χ0n) is 12.4. The van der Waals surface area contributed by atoms with Crippen LogP contribution < -0.4 is 10.5 Å². The molecule has 0 spiro atoms. The zero-order valence-corrected chi connectivity index (χ0v) is 13.2. The van der Waals surface area contributed by atoms with E-state index >= 15 is 0 Å². The van der Waals surface area contributed by atoms with Crippen LogP contribution in [0.25, 0.3) is 0 Å². The number of carbonyl (C=O) groups is 1. The van der Waals surface area contributed by atoms with Gasteiger partial charge in [-0.05, 0) is 30.7 Å². The Labute approximate surface area is 125 Å². The Morgan fingerprint density at radius 2 is 1.90 bits per heavy atom. The molecular formula is C14H22N2O4S. The van der Waals surface area contributed by atoms with Crippen LogP contribution in [0.5, 0.6) is 5.75 Å². The second kappa shape index (κ2) is 7.99. The number of benzene rings is 1. The van der Waals surface area contributed by atoms with Gasteiger partial charge in [0.05, 0.1) is 11.5 Å². The quantitative estimate of drug-likeness (QED) is 0.712. The number of amides is 1. The van der Waals surface area contributed by atoms with Crippen LogP contribution in [0.15, 0.2) is 29.2 Å². The number of nitrogens with two attached hydrogens (primary N) is 1. The van der Waals surface area contributed by atoms with Crippen molar-refractivity contribution in [1.82, 2.24) is 4.90 Å². The molecule has 1 amide bonds. The summed E-state index contributed by atoms with van der Waals surface area (Å²) >= 11 is 0. The Morgan fingerprint density at radius 3 is 2.43 bits per heavy atom. The summed E-state index contributed by atoms with van der Waals surface area (Å²) in [7, 11) is -1.45. The number of sulfone groups is 1. The Hall–Kier alpha value is -1.60. The molecule has 0 radical (unpaired) electrons. The van der Waals surface area contributed by atoms with Crippen molar-refractivity contribution in [2.75, 3.05) is 33.0 Å². The first-order valence-electron chi connectivity index (χ1n) is 6.71. The van der Waals surface area contributed by atoms with E-state index in [0.29, 0.717) is 38.3 Å². The maximum Gasteiger partial charge on any atom is 0.223 e. The molecule has 0 aliphatic heterocycles. The normalized spacial score (nSPS) is 11.2. The summed E-state index contributed by atoms with van der Waals surface area (Å²) in [6.45, 7) is 1.41. The molecule has 0 saturated carbocycles. The summed E-state index contributed by atoms with van der Waals surface area (Å²) in [5.41, 5.74) is 5.33. The van der Waals surface area contributed by atoms with Gasteiger partial charge >= 0.3 is 0 Å². The Balaban J connectivity index is 2.35. The van der Waals surface area contributed by atoms with E-state index in [0.717, 1.165) is 6.26 Å². The predicted molar refractivity (Wildman–Crippen MR) is 81.0 cm³/mol. The highest BCUT2D eigenvalue weighted by atomic mass is 32.2. The van der Waals surface area contributed by atoms with Gasteiger partial charge in [-0.25, -0.2) is 8.42 Å². The zero-order chi connectivity index (χ0) is 15.9. The molecule has 0 atom stereocenters. The maximum atomic E-state index is 11.5. The van der Waals surface area contributed by atoms with Crippen molar-refractivity contribution in [3.05, 3.63) is 24.3 Å². The Bertz CT molecular complexity index is 555. The third kappa shape index (κ3) is 6.14. The standard InChI is InChI=1S/C14H22N2O4S/c1-16(14(17)8-9-15)10-3-11-20-12-4-6-13(7-5-12)21(2,18)19/h4-7H,3,8-11,15H2,1-2H3. The van der Waals surface area contributed by atoms with E-state index in [1.165, 1.54) is 12.1 Å². The lowest BCUT2D eigenvalue weighted by atomic mass is 10.3. The molecule has 0 fully saturated rings. The number of rotatable bonds is 8. The summed E-state index contributed by atoms with van der Waals surface area (Å²) < 4.78 is 28.1. The van der Waals surface area contributed by atoms with Crippen LogP contribution in [-0.4, -0.2) is 52.2 Å². The number of hydrogen-bond acceptors (Lipinski definition) is 5. The van der Waals surface area contributed by atoms with Gasteiger partial charge in [0.1, 0.15) is 5.75 Å². The van der Waals surface area contributed by atoms with Crippen molar-refractivity contribution in [3.8, 4) is 5.75 Å². The third-order valence-corrected chi connectivity index (χ3v) is 4.07. The summed E-state index contributed by atoms with van der Waals surface area (Å²) in [6, 6.07) is 6.28. The minimum atomic E-state index is -3.18. The van der Waals surface area contributed by atoms with Gasteiger partial charge in [0, 0.05) is 32.8 Å². The minimum Gasteiger partial charge on any atom is -0.494 e. The summed E-state index contributed by atoms with van der Waals surface area (Å²) in [5.74, 6) is 0.633. The monoisotopic (exact) mass is 314 g/mol. The van der Waals surface area contributed by atoms with Crippen molar-refractivity contribution in [1.29, 1.82) is 0 Å². The van der Waals surface area contributed by atoms with Crippen LogP contribution in [0, 0.1) is 0 Å². The molecule has 6 nitrogen and oxygen atoms in total. The van der Waals surface area contributed by atoms with Gasteiger partial charge in [-0.3, -0.25) is 4.79 Å². The van der Waals surface area contributed by atoms with Gasteiger partial charge in [0.15, 0.2) is 9.84 Å². The number of hydrogen-bond donors (Lipinski definition) is 1. The molecule has 0 saturated heterocycles. The fraction of sp³-hybridized carbons (Fsp3) is 0.500. The first-order valence-corrected chi connectivity index (χ1v) is 8.60. The van der Waals surface area contributed by atoms with Crippen LogP contribution in [0.1, 0.15) is 12.8 Å². The SMILES string of the molecule is CN(CCCOc1ccc(S(C)(=O)=O)cc1)C(=O)CCN. The number of nitrogens with zero attached hydrogens (tertiary/aromatic N) is 1. The van der Waals surface area contributed by atoms with Gasteiger partial charge in [-0.1, -0.05) is 0 Å². The fourth-order valence-corrected chi connectivity index (χ4v) is 2.34.